The number of ketones is 1. The van der Waals surface area contributed by atoms with Crippen LogP contribution in [-0.4, -0.2) is 12.4 Å². The van der Waals surface area contributed by atoms with Crippen molar-refractivity contribution >= 4 is 17.4 Å². The molecule has 1 aromatic carbocycles. The molecule has 0 N–H and O–H groups in total. The molecule has 2 nitrogen and oxygen atoms in total. The molecule has 84 valence electrons. The highest BCUT2D eigenvalue weighted by Crippen LogP contribution is 2.21. The summed E-state index contributed by atoms with van der Waals surface area (Å²) in [5.41, 5.74) is 0.550. The van der Waals surface area contributed by atoms with Gasteiger partial charge in [-0.05, 0) is 31.0 Å². The topological polar surface area (TPSA) is 26.3 Å². The number of hydrogen-bond acceptors (Lipinski definition) is 2. The van der Waals surface area contributed by atoms with Gasteiger partial charge < -0.3 is 4.74 Å². The Labute approximate surface area is 97.7 Å². The number of carbonyl (C=O) groups excluding carboxylic acids is 1. The molecule has 1 heterocycles. The molecule has 0 aromatic heterocycles. The molecular weight excluding hydrogens is 231 g/mol. The Hall–Kier alpha value is -1.35. The Morgan fingerprint density at radius 2 is 2.25 bits per heavy atom. The molecule has 0 spiro atoms. The molecule has 0 bridgehead atoms. The molecule has 0 atom stereocenters. The summed E-state index contributed by atoms with van der Waals surface area (Å²) < 4.78 is 18.5. The average molecular weight is 241 g/mol. The van der Waals surface area contributed by atoms with E-state index in [0.29, 0.717) is 18.6 Å². The SMILES string of the molecule is O=C(C1=COCCC1)c1ccc(Cl)cc1F. The van der Waals surface area contributed by atoms with Crippen molar-refractivity contribution in [2.45, 2.75) is 12.8 Å². The van der Waals surface area contributed by atoms with E-state index in [1.807, 2.05) is 0 Å². The third-order valence-corrected chi connectivity index (χ3v) is 2.64. The third-order valence-electron chi connectivity index (χ3n) is 2.40. The molecule has 2 rings (SSSR count). The van der Waals surface area contributed by atoms with Crippen LogP contribution in [0, 0.1) is 5.82 Å². The van der Waals surface area contributed by atoms with Gasteiger partial charge in [-0.15, -0.1) is 0 Å². The van der Waals surface area contributed by atoms with Gasteiger partial charge in [0.25, 0.3) is 0 Å². The standard InChI is InChI=1S/C12H10ClFO2/c13-9-3-4-10(11(14)6-9)12(15)8-2-1-5-16-7-8/h3-4,6-7H,1-2,5H2. The molecule has 0 aliphatic carbocycles. The van der Waals surface area contributed by atoms with Crippen LogP contribution in [0.1, 0.15) is 23.2 Å². The summed E-state index contributed by atoms with van der Waals surface area (Å²) in [6.07, 6.45) is 2.83. The molecule has 0 unspecified atom stereocenters. The Balaban J connectivity index is 2.30. The van der Waals surface area contributed by atoms with Crippen LogP contribution in [0.5, 0.6) is 0 Å². The normalized spacial score (nSPS) is 15.2. The highest BCUT2D eigenvalue weighted by atomic mass is 35.5. The molecule has 16 heavy (non-hydrogen) atoms. The van der Waals surface area contributed by atoms with E-state index in [1.54, 1.807) is 0 Å². The van der Waals surface area contributed by atoms with Gasteiger partial charge in [0, 0.05) is 10.6 Å². The first-order valence-corrected chi connectivity index (χ1v) is 5.36. The van der Waals surface area contributed by atoms with E-state index >= 15 is 0 Å². The maximum absolute atomic E-state index is 13.5. The molecule has 1 aromatic rings. The van der Waals surface area contributed by atoms with E-state index in [4.69, 9.17) is 16.3 Å². The first-order valence-electron chi connectivity index (χ1n) is 4.99. The fraction of sp³-hybridized carbons (Fsp3) is 0.250. The zero-order valence-electron chi connectivity index (χ0n) is 8.50. The minimum absolute atomic E-state index is 0.0427. The second-order valence-electron chi connectivity index (χ2n) is 3.57. The van der Waals surface area contributed by atoms with Crippen LogP contribution in [-0.2, 0) is 4.74 Å². The molecule has 4 heteroatoms. The van der Waals surface area contributed by atoms with E-state index in [9.17, 15) is 9.18 Å². The predicted octanol–water partition coefficient (Wildman–Crippen LogP) is 3.36. The van der Waals surface area contributed by atoms with Gasteiger partial charge in [-0.1, -0.05) is 11.6 Å². The smallest absolute Gasteiger partial charge is 0.195 e. The van der Waals surface area contributed by atoms with E-state index in [1.165, 1.54) is 18.4 Å². The molecule has 0 radical (unpaired) electrons. The summed E-state index contributed by atoms with van der Waals surface area (Å²) in [6, 6.07) is 4.04. The number of benzene rings is 1. The lowest BCUT2D eigenvalue weighted by atomic mass is 9.99. The molecule has 0 fully saturated rings. The van der Waals surface area contributed by atoms with Gasteiger partial charge in [0.1, 0.15) is 5.82 Å². The van der Waals surface area contributed by atoms with Gasteiger partial charge in [-0.2, -0.15) is 0 Å². The van der Waals surface area contributed by atoms with Crippen LogP contribution in [0.25, 0.3) is 0 Å². The Bertz CT molecular complexity index is 454. The number of carbonyl (C=O) groups is 1. The second kappa shape index (κ2) is 4.66. The Kier molecular flexibility index (Phi) is 3.25. The average Bonchev–Trinajstić information content (AvgIpc) is 2.29. The monoisotopic (exact) mass is 240 g/mol. The highest BCUT2D eigenvalue weighted by molar-refractivity contribution is 6.30. The van der Waals surface area contributed by atoms with Crippen molar-refractivity contribution in [1.82, 2.24) is 0 Å². The molecule has 1 aliphatic rings. The van der Waals surface area contributed by atoms with E-state index in [0.717, 1.165) is 12.5 Å². The number of hydrogen-bond donors (Lipinski definition) is 0. The van der Waals surface area contributed by atoms with Gasteiger partial charge in [0.05, 0.1) is 18.4 Å². The Morgan fingerprint density at radius 3 is 2.88 bits per heavy atom. The quantitative estimate of drug-likeness (QED) is 0.741. The zero-order valence-corrected chi connectivity index (χ0v) is 9.26. The number of allylic oxidation sites excluding steroid dienone is 1. The van der Waals surface area contributed by atoms with Crippen LogP contribution in [0.4, 0.5) is 4.39 Å². The minimum Gasteiger partial charge on any atom is -0.501 e. The Morgan fingerprint density at radius 1 is 1.44 bits per heavy atom. The summed E-state index contributed by atoms with van der Waals surface area (Å²) in [7, 11) is 0. The van der Waals surface area contributed by atoms with E-state index in [-0.39, 0.29) is 16.4 Å². The summed E-state index contributed by atoms with van der Waals surface area (Å²) in [5.74, 6) is -0.919. The van der Waals surface area contributed by atoms with Crippen molar-refractivity contribution in [2.24, 2.45) is 0 Å². The zero-order chi connectivity index (χ0) is 11.5. The lowest BCUT2D eigenvalue weighted by Crippen LogP contribution is -2.10. The number of ether oxygens (including phenoxy) is 1. The van der Waals surface area contributed by atoms with Crippen LogP contribution in [0.3, 0.4) is 0 Å². The second-order valence-corrected chi connectivity index (χ2v) is 4.01. The van der Waals surface area contributed by atoms with Crippen molar-refractivity contribution in [1.29, 1.82) is 0 Å². The third kappa shape index (κ3) is 2.25. The summed E-state index contributed by atoms with van der Waals surface area (Å²) >= 11 is 5.62. The van der Waals surface area contributed by atoms with Gasteiger partial charge >= 0.3 is 0 Å². The minimum atomic E-state index is -0.594. The molecule has 0 amide bonds. The molecule has 1 aliphatic heterocycles. The lowest BCUT2D eigenvalue weighted by Gasteiger charge is -2.12. The van der Waals surface area contributed by atoms with Crippen molar-refractivity contribution in [3.63, 3.8) is 0 Å². The summed E-state index contributed by atoms with van der Waals surface area (Å²) in [4.78, 5) is 11.9. The maximum atomic E-state index is 13.5. The maximum Gasteiger partial charge on any atom is 0.195 e. The van der Waals surface area contributed by atoms with E-state index in [2.05, 4.69) is 0 Å². The van der Waals surface area contributed by atoms with Crippen LogP contribution < -0.4 is 0 Å². The lowest BCUT2D eigenvalue weighted by molar-refractivity contribution is 0.101. The fourth-order valence-corrected chi connectivity index (χ4v) is 1.74. The number of Topliss-reactive ketones (excluding diaryl/α,β-unsaturated/α-hetero) is 1. The largest absolute Gasteiger partial charge is 0.501 e. The first-order chi connectivity index (χ1) is 7.68. The van der Waals surface area contributed by atoms with Gasteiger partial charge in [-0.25, -0.2) is 4.39 Å². The number of halogens is 2. The molecule has 0 saturated heterocycles. The molecule has 0 saturated carbocycles. The number of rotatable bonds is 2. The van der Waals surface area contributed by atoms with Gasteiger partial charge in [0.15, 0.2) is 5.78 Å². The van der Waals surface area contributed by atoms with Crippen LogP contribution >= 0.6 is 11.6 Å². The fourth-order valence-electron chi connectivity index (χ4n) is 1.58. The van der Waals surface area contributed by atoms with Crippen molar-refractivity contribution in [2.75, 3.05) is 6.61 Å². The van der Waals surface area contributed by atoms with Crippen molar-refractivity contribution in [3.8, 4) is 0 Å². The first kappa shape index (κ1) is 11.1. The van der Waals surface area contributed by atoms with Crippen molar-refractivity contribution < 1.29 is 13.9 Å². The van der Waals surface area contributed by atoms with E-state index < -0.39 is 5.82 Å². The van der Waals surface area contributed by atoms with Gasteiger partial charge in [0.2, 0.25) is 0 Å². The van der Waals surface area contributed by atoms with Gasteiger partial charge in [-0.3, -0.25) is 4.79 Å². The molecular formula is C12H10ClFO2. The van der Waals surface area contributed by atoms with Crippen LogP contribution in [0.15, 0.2) is 30.0 Å². The highest BCUT2D eigenvalue weighted by Gasteiger charge is 2.18. The predicted molar refractivity (Wildman–Crippen MR) is 59.0 cm³/mol. The summed E-state index contributed by atoms with van der Waals surface area (Å²) in [6.45, 7) is 0.611. The van der Waals surface area contributed by atoms with Crippen molar-refractivity contribution in [3.05, 3.63) is 46.4 Å². The van der Waals surface area contributed by atoms with Crippen LogP contribution in [0.2, 0.25) is 5.02 Å². The summed E-state index contributed by atoms with van der Waals surface area (Å²) in [5, 5.41) is 0.280.